The largest absolute Gasteiger partial charge is 0.480 e. The van der Waals surface area contributed by atoms with Crippen LogP contribution in [0, 0.1) is 0 Å². The molecule has 0 aliphatic carbocycles. The molecule has 3 unspecified atom stereocenters. The minimum absolute atomic E-state index is 0.183. The van der Waals surface area contributed by atoms with Gasteiger partial charge in [-0.25, -0.2) is 0 Å². The Labute approximate surface area is 125 Å². The smallest absolute Gasteiger partial charge is 0.264 e. The maximum Gasteiger partial charge on any atom is 0.264 e. The maximum atomic E-state index is 12.9. The summed E-state index contributed by atoms with van der Waals surface area (Å²) in [6, 6.07) is 8.85. The zero-order valence-corrected chi connectivity index (χ0v) is 12.3. The molecule has 4 nitrogen and oxygen atoms in total. The predicted octanol–water partition coefficient (Wildman–Crippen LogP) is 1.73. The van der Waals surface area contributed by atoms with E-state index < -0.39 is 0 Å². The fourth-order valence-corrected chi connectivity index (χ4v) is 4.03. The molecule has 3 aliphatic rings. The van der Waals surface area contributed by atoms with Gasteiger partial charge in [-0.1, -0.05) is 18.2 Å². The quantitative estimate of drug-likeness (QED) is 0.900. The van der Waals surface area contributed by atoms with Crippen LogP contribution >= 0.6 is 0 Å². The number of carbonyl (C=O) groups is 1. The van der Waals surface area contributed by atoms with E-state index in [0.717, 1.165) is 43.7 Å². The van der Waals surface area contributed by atoms with Crippen molar-refractivity contribution in [3.05, 3.63) is 29.8 Å². The summed E-state index contributed by atoms with van der Waals surface area (Å²) < 4.78 is 5.88. The van der Waals surface area contributed by atoms with Gasteiger partial charge in [0.05, 0.1) is 0 Å². The molecular formula is C17H22N2O2. The highest BCUT2D eigenvalue weighted by Gasteiger charge is 2.40. The summed E-state index contributed by atoms with van der Waals surface area (Å²) in [5, 5.41) is 3.56. The molecule has 1 aromatic carbocycles. The lowest BCUT2D eigenvalue weighted by atomic mass is 10.0. The standard InChI is InChI=1S/C17H22N2O2/c20-17(16-11-12-5-1-2-8-15(12)21-16)19-10-4-7-14(19)13-6-3-9-18-13/h1-2,5,8,13-14,16,18H,3-4,6-7,9-11H2. The van der Waals surface area contributed by atoms with Crippen LogP contribution in [0.5, 0.6) is 5.75 Å². The molecule has 0 aromatic heterocycles. The molecule has 0 radical (unpaired) electrons. The van der Waals surface area contributed by atoms with E-state index in [9.17, 15) is 4.79 Å². The van der Waals surface area contributed by atoms with Crippen molar-refractivity contribution in [2.45, 2.75) is 50.3 Å². The van der Waals surface area contributed by atoms with E-state index >= 15 is 0 Å². The van der Waals surface area contributed by atoms with Gasteiger partial charge in [0.25, 0.3) is 5.91 Å². The van der Waals surface area contributed by atoms with Crippen LogP contribution in [0.1, 0.15) is 31.2 Å². The van der Waals surface area contributed by atoms with Crippen LogP contribution < -0.4 is 10.1 Å². The number of rotatable bonds is 2. The van der Waals surface area contributed by atoms with Crippen molar-refractivity contribution in [1.29, 1.82) is 0 Å². The number of hydrogen-bond donors (Lipinski definition) is 1. The molecule has 1 amide bonds. The van der Waals surface area contributed by atoms with Gasteiger partial charge in [0.2, 0.25) is 0 Å². The van der Waals surface area contributed by atoms with E-state index in [1.54, 1.807) is 0 Å². The molecule has 0 saturated carbocycles. The fourth-order valence-electron chi connectivity index (χ4n) is 4.03. The Morgan fingerprint density at radius 1 is 1.24 bits per heavy atom. The van der Waals surface area contributed by atoms with Crippen molar-refractivity contribution in [3.63, 3.8) is 0 Å². The van der Waals surface area contributed by atoms with Crippen LogP contribution in [0.4, 0.5) is 0 Å². The Morgan fingerprint density at radius 2 is 2.14 bits per heavy atom. The number of nitrogens with one attached hydrogen (secondary N) is 1. The first-order valence-corrected chi connectivity index (χ1v) is 8.11. The predicted molar refractivity (Wildman–Crippen MR) is 80.3 cm³/mol. The van der Waals surface area contributed by atoms with Gasteiger partial charge in [-0.15, -0.1) is 0 Å². The Morgan fingerprint density at radius 3 is 2.95 bits per heavy atom. The third-order valence-corrected chi connectivity index (χ3v) is 5.07. The molecule has 21 heavy (non-hydrogen) atoms. The minimum Gasteiger partial charge on any atom is -0.480 e. The third-order valence-electron chi connectivity index (χ3n) is 5.07. The highest BCUT2D eigenvalue weighted by molar-refractivity contribution is 5.83. The number of ether oxygens (including phenoxy) is 1. The summed E-state index contributed by atoms with van der Waals surface area (Å²) in [4.78, 5) is 14.9. The summed E-state index contributed by atoms with van der Waals surface area (Å²) in [6.45, 7) is 1.98. The minimum atomic E-state index is -0.315. The topological polar surface area (TPSA) is 41.6 Å². The van der Waals surface area contributed by atoms with E-state index in [0.29, 0.717) is 12.1 Å². The molecule has 4 heteroatoms. The van der Waals surface area contributed by atoms with Crippen LogP contribution in [0.3, 0.4) is 0 Å². The molecule has 3 heterocycles. The van der Waals surface area contributed by atoms with Gasteiger partial charge in [0.15, 0.2) is 6.10 Å². The fraction of sp³-hybridized carbons (Fsp3) is 0.588. The third kappa shape index (κ3) is 2.31. The number of carbonyl (C=O) groups excluding carboxylic acids is 1. The van der Waals surface area contributed by atoms with Crippen molar-refractivity contribution < 1.29 is 9.53 Å². The van der Waals surface area contributed by atoms with Gasteiger partial charge < -0.3 is 15.0 Å². The van der Waals surface area contributed by atoms with Crippen LogP contribution in [-0.4, -0.2) is 42.1 Å². The normalized spacial score (nSPS) is 31.2. The lowest BCUT2D eigenvalue weighted by Gasteiger charge is -2.31. The molecule has 0 spiro atoms. The van der Waals surface area contributed by atoms with Crippen molar-refractivity contribution in [1.82, 2.24) is 10.2 Å². The molecule has 4 rings (SSSR count). The molecule has 112 valence electrons. The summed E-state index contributed by atoms with van der Waals surface area (Å²) >= 11 is 0. The number of likely N-dealkylation sites (tertiary alicyclic amines) is 1. The highest BCUT2D eigenvalue weighted by atomic mass is 16.5. The van der Waals surface area contributed by atoms with E-state index in [1.807, 2.05) is 18.2 Å². The number of amides is 1. The van der Waals surface area contributed by atoms with Gasteiger partial charge >= 0.3 is 0 Å². The molecular weight excluding hydrogens is 264 g/mol. The van der Waals surface area contributed by atoms with E-state index in [1.165, 1.54) is 12.8 Å². The zero-order valence-electron chi connectivity index (χ0n) is 12.3. The van der Waals surface area contributed by atoms with Gasteiger partial charge in [-0.3, -0.25) is 4.79 Å². The second-order valence-corrected chi connectivity index (χ2v) is 6.36. The molecule has 1 N–H and O–H groups in total. The Kier molecular flexibility index (Phi) is 3.34. The van der Waals surface area contributed by atoms with Gasteiger partial charge in [0.1, 0.15) is 5.75 Å². The van der Waals surface area contributed by atoms with E-state index in [2.05, 4.69) is 16.3 Å². The molecule has 1 aromatic rings. The number of para-hydroxylation sites is 1. The lowest BCUT2D eigenvalue weighted by Crippen LogP contribution is -2.50. The summed E-state index contributed by atoms with van der Waals surface area (Å²) in [6.07, 6.45) is 5.08. The Balaban J connectivity index is 1.47. The van der Waals surface area contributed by atoms with Gasteiger partial charge in [-0.05, 0) is 43.9 Å². The molecule has 0 bridgehead atoms. The van der Waals surface area contributed by atoms with Crippen LogP contribution in [0.15, 0.2) is 24.3 Å². The maximum absolute atomic E-state index is 12.9. The highest BCUT2D eigenvalue weighted by Crippen LogP contribution is 2.31. The van der Waals surface area contributed by atoms with E-state index in [4.69, 9.17) is 4.74 Å². The molecule has 2 saturated heterocycles. The summed E-state index contributed by atoms with van der Waals surface area (Å²) in [5.74, 6) is 1.06. The van der Waals surface area contributed by atoms with Crippen LogP contribution in [0.2, 0.25) is 0 Å². The van der Waals surface area contributed by atoms with Gasteiger partial charge in [-0.2, -0.15) is 0 Å². The zero-order chi connectivity index (χ0) is 14.2. The van der Waals surface area contributed by atoms with Crippen LogP contribution in [-0.2, 0) is 11.2 Å². The average molecular weight is 286 g/mol. The Hall–Kier alpha value is -1.55. The van der Waals surface area contributed by atoms with Gasteiger partial charge in [0, 0.05) is 25.0 Å². The second-order valence-electron chi connectivity index (χ2n) is 6.36. The van der Waals surface area contributed by atoms with Crippen molar-refractivity contribution in [3.8, 4) is 5.75 Å². The first-order valence-electron chi connectivity index (χ1n) is 8.11. The second kappa shape index (κ2) is 5.34. The van der Waals surface area contributed by atoms with Crippen molar-refractivity contribution in [2.24, 2.45) is 0 Å². The first-order chi connectivity index (χ1) is 10.3. The van der Waals surface area contributed by atoms with E-state index in [-0.39, 0.29) is 12.0 Å². The number of fused-ring (bicyclic) bond motifs is 1. The van der Waals surface area contributed by atoms with Crippen molar-refractivity contribution >= 4 is 5.91 Å². The molecule has 3 aliphatic heterocycles. The number of benzene rings is 1. The molecule has 2 fully saturated rings. The Bertz CT molecular complexity index is 514. The summed E-state index contributed by atoms with van der Waals surface area (Å²) in [7, 11) is 0. The monoisotopic (exact) mass is 286 g/mol. The lowest BCUT2D eigenvalue weighted by molar-refractivity contribution is -0.139. The van der Waals surface area contributed by atoms with Crippen molar-refractivity contribution in [2.75, 3.05) is 13.1 Å². The van der Waals surface area contributed by atoms with Crippen LogP contribution in [0.25, 0.3) is 0 Å². The first kappa shape index (κ1) is 13.1. The molecule has 3 atom stereocenters. The number of hydrogen-bond acceptors (Lipinski definition) is 3. The SMILES string of the molecule is O=C(C1Cc2ccccc2O1)N1CCCC1C1CCCN1. The summed E-state index contributed by atoms with van der Waals surface area (Å²) in [5.41, 5.74) is 1.16. The average Bonchev–Trinajstić information content (AvgIpc) is 3.23. The number of nitrogens with zero attached hydrogens (tertiary/aromatic N) is 1.